The lowest BCUT2D eigenvalue weighted by atomic mass is 9.93. The Hall–Kier alpha value is -3.97. The number of aliphatic hydroxyl groups excluding tert-OH is 1. The zero-order valence-electron chi connectivity index (χ0n) is 23.1. The Labute approximate surface area is 239 Å². The number of azide groups is 1. The summed E-state index contributed by atoms with van der Waals surface area (Å²) in [6, 6.07) is 12.3. The van der Waals surface area contributed by atoms with Gasteiger partial charge in [-0.05, 0) is 37.3 Å². The summed E-state index contributed by atoms with van der Waals surface area (Å²) in [5, 5.41) is 18.8. The van der Waals surface area contributed by atoms with E-state index >= 15 is 0 Å². The van der Waals surface area contributed by atoms with Gasteiger partial charge in [0.2, 0.25) is 0 Å². The predicted octanol–water partition coefficient (Wildman–Crippen LogP) is 3.15. The molecule has 2 heterocycles. The molecule has 15 nitrogen and oxygen atoms in total. The van der Waals surface area contributed by atoms with Crippen LogP contribution in [0.5, 0.6) is 5.75 Å². The third-order valence-electron chi connectivity index (χ3n) is 6.65. The maximum absolute atomic E-state index is 14.1. The average Bonchev–Trinajstić information content (AvgIpc) is 3.20. The van der Waals surface area contributed by atoms with Crippen molar-refractivity contribution in [3.8, 4) is 5.75 Å². The van der Waals surface area contributed by atoms with Gasteiger partial charge in [-0.3, -0.25) is 23.7 Å². The summed E-state index contributed by atoms with van der Waals surface area (Å²) >= 11 is 0. The minimum atomic E-state index is -4.39. The molecule has 1 unspecified atom stereocenters. The predicted molar refractivity (Wildman–Crippen MR) is 151 cm³/mol. The molecule has 2 aromatic carbocycles. The summed E-state index contributed by atoms with van der Waals surface area (Å²) in [6.45, 7) is 4.19. The van der Waals surface area contributed by atoms with Crippen LogP contribution in [0.3, 0.4) is 0 Å². The minimum Gasteiger partial charge on any atom is -0.465 e. The first-order valence-corrected chi connectivity index (χ1v) is 14.6. The molecule has 0 saturated carbocycles. The second-order valence-electron chi connectivity index (χ2n) is 9.78. The fourth-order valence-corrected chi connectivity index (χ4v) is 6.00. The maximum Gasteiger partial charge on any atom is 0.459 e. The second-order valence-corrected chi connectivity index (χ2v) is 11.5. The van der Waals surface area contributed by atoms with Crippen LogP contribution >= 0.6 is 7.75 Å². The van der Waals surface area contributed by atoms with Gasteiger partial charge in [0, 0.05) is 22.6 Å². The van der Waals surface area contributed by atoms with E-state index in [1.54, 1.807) is 24.3 Å². The molecule has 1 aromatic heterocycles. The quantitative estimate of drug-likeness (QED) is 0.0907. The zero-order valence-corrected chi connectivity index (χ0v) is 24.0. The van der Waals surface area contributed by atoms with Gasteiger partial charge in [0.25, 0.3) is 5.56 Å². The van der Waals surface area contributed by atoms with Crippen LogP contribution in [0.15, 0.2) is 69.4 Å². The first-order chi connectivity index (χ1) is 20.0. The van der Waals surface area contributed by atoms with E-state index in [0.717, 1.165) is 22.2 Å². The molecule has 1 saturated heterocycles. The van der Waals surface area contributed by atoms with Crippen LogP contribution in [0.1, 0.15) is 33.4 Å². The number of H-pyrrole nitrogens is 1. The van der Waals surface area contributed by atoms with Crippen LogP contribution in [0.2, 0.25) is 0 Å². The minimum absolute atomic E-state index is 0.159. The van der Waals surface area contributed by atoms with Crippen LogP contribution in [-0.2, 0) is 23.4 Å². The Balaban J connectivity index is 1.63. The van der Waals surface area contributed by atoms with Crippen molar-refractivity contribution < 1.29 is 33.0 Å². The molecule has 0 amide bonds. The van der Waals surface area contributed by atoms with Crippen molar-refractivity contribution in [3.63, 3.8) is 0 Å². The number of aromatic nitrogens is 2. The van der Waals surface area contributed by atoms with Gasteiger partial charge in [0.1, 0.15) is 23.4 Å². The number of fused-ring (bicyclic) bond motifs is 1. The van der Waals surface area contributed by atoms with E-state index in [1.807, 2.05) is 25.1 Å². The van der Waals surface area contributed by atoms with Crippen molar-refractivity contribution in [1.82, 2.24) is 14.6 Å². The van der Waals surface area contributed by atoms with Gasteiger partial charge < -0.3 is 19.1 Å². The number of aliphatic hydroxyl groups is 1. The summed E-state index contributed by atoms with van der Waals surface area (Å²) in [4.78, 5) is 41.4. The molecule has 1 fully saturated rings. The third kappa shape index (κ3) is 6.57. The van der Waals surface area contributed by atoms with Crippen molar-refractivity contribution in [1.29, 1.82) is 0 Å². The summed E-state index contributed by atoms with van der Waals surface area (Å²) in [6.07, 6.45) is -2.50. The average molecular weight is 603 g/mol. The number of hydrogen-bond acceptors (Lipinski definition) is 10. The van der Waals surface area contributed by atoms with E-state index in [-0.39, 0.29) is 12.4 Å². The third-order valence-corrected chi connectivity index (χ3v) is 8.28. The van der Waals surface area contributed by atoms with Gasteiger partial charge in [-0.15, -0.1) is 0 Å². The molecule has 4 rings (SSSR count). The number of carbonyl (C=O) groups excluding carboxylic acids is 1. The van der Waals surface area contributed by atoms with E-state index in [0.29, 0.717) is 11.8 Å². The number of nitrogens with one attached hydrogen (secondary N) is 2. The highest BCUT2D eigenvalue weighted by Crippen LogP contribution is 2.48. The Morgan fingerprint density at radius 3 is 2.74 bits per heavy atom. The second kappa shape index (κ2) is 12.9. The molecule has 3 N–H and O–H groups in total. The number of nitrogens with zero attached hydrogens (tertiary/aromatic N) is 4. The summed E-state index contributed by atoms with van der Waals surface area (Å²) in [7, 11) is -4.39. The van der Waals surface area contributed by atoms with Gasteiger partial charge in [0.05, 0.1) is 19.3 Å². The molecule has 0 aliphatic carbocycles. The molecule has 6 atom stereocenters. The highest BCUT2D eigenvalue weighted by molar-refractivity contribution is 7.52. The van der Waals surface area contributed by atoms with Crippen molar-refractivity contribution in [3.05, 3.63) is 86.0 Å². The number of aromatic amines is 1. The normalized spacial score (nSPS) is 24.0. The molecule has 1 aliphatic heterocycles. The number of benzene rings is 2. The van der Waals surface area contributed by atoms with Crippen LogP contribution in [-0.4, -0.2) is 57.6 Å². The highest BCUT2D eigenvalue weighted by atomic mass is 31.2. The summed E-state index contributed by atoms with van der Waals surface area (Å²) in [5.41, 5.74) is 5.92. The highest BCUT2D eigenvalue weighted by Gasteiger charge is 2.55. The zero-order chi connectivity index (χ0) is 30.5. The lowest BCUT2D eigenvalue weighted by Gasteiger charge is -2.28. The first-order valence-electron chi connectivity index (χ1n) is 13.1. The monoisotopic (exact) mass is 602 g/mol. The molecule has 0 bridgehead atoms. The Morgan fingerprint density at radius 2 is 2.02 bits per heavy atom. The maximum atomic E-state index is 14.1. The summed E-state index contributed by atoms with van der Waals surface area (Å²) < 4.78 is 37.7. The van der Waals surface area contributed by atoms with E-state index in [9.17, 15) is 29.6 Å². The summed E-state index contributed by atoms with van der Waals surface area (Å²) in [5.74, 6) is -0.490. The molecule has 1 aliphatic rings. The van der Waals surface area contributed by atoms with Gasteiger partial charge in [-0.2, -0.15) is 5.09 Å². The lowest BCUT2D eigenvalue weighted by molar-refractivity contribution is -0.145. The SMILES string of the molecule is CCCOC(=O)[C@H](C)N[P@@](=O)(OC[C@H]1OC(n2ccc(=O)[nH]c2=O)[C@](C)(N=[N+]=[N-])[C@@H]1O)Oc1cccc2ccccc12. The van der Waals surface area contributed by atoms with Crippen LogP contribution < -0.4 is 20.9 Å². The van der Waals surface area contributed by atoms with Crippen LogP contribution in [0, 0.1) is 0 Å². The number of hydrogen-bond donors (Lipinski definition) is 3. The van der Waals surface area contributed by atoms with Crippen molar-refractivity contribution in [2.45, 2.75) is 57.2 Å². The fraction of sp³-hybridized carbons (Fsp3) is 0.423. The molecule has 3 aromatic rings. The topological polar surface area (TPSA) is 207 Å². The van der Waals surface area contributed by atoms with Crippen molar-refractivity contribution in [2.24, 2.45) is 5.11 Å². The van der Waals surface area contributed by atoms with Crippen molar-refractivity contribution >= 4 is 24.5 Å². The van der Waals surface area contributed by atoms with Gasteiger partial charge in [-0.25, -0.2) is 9.36 Å². The lowest BCUT2D eigenvalue weighted by Crippen LogP contribution is -2.45. The first kappa shape index (κ1) is 31.0. The molecule has 224 valence electrons. The molecule has 0 radical (unpaired) electrons. The molecule has 16 heteroatoms. The smallest absolute Gasteiger partial charge is 0.459 e. The number of ether oxygens (including phenoxy) is 2. The molecular formula is C26H31N6O9P. The number of carbonyl (C=O) groups is 1. The van der Waals surface area contributed by atoms with Crippen LogP contribution in [0.4, 0.5) is 0 Å². The van der Waals surface area contributed by atoms with E-state index in [2.05, 4.69) is 20.1 Å². The Kier molecular flexibility index (Phi) is 9.52. The van der Waals surface area contributed by atoms with E-state index in [4.69, 9.17) is 18.5 Å². The van der Waals surface area contributed by atoms with E-state index in [1.165, 1.54) is 13.8 Å². The van der Waals surface area contributed by atoms with Gasteiger partial charge >= 0.3 is 19.4 Å². The van der Waals surface area contributed by atoms with E-state index < -0.39 is 61.6 Å². The molecular weight excluding hydrogens is 571 g/mol. The standard InChI is InChI=1S/C26H31N6O9P/c1-4-14-38-23(35)16(2)29-42(37,41-19-11-7-9-17-8-5-6-10-18(17)19)39-15-20-22(34)26(3,30-31-27)24(40-20)32-13-12-21(33)28-25(32)36/h5-13,16,20,22,24,34H,4,14-15H2,1-3H3,(H,29,37)(H,28,33,36)/t16-,20+,22+,24?,26+,42+/m0/s1. The molecule has 42 heavy (non-hydrogen) atoms. The molecule has 0 spiro atoms. The van der Waals surface area contributed by atoms with Crippen molar-refractivity contribution in [2.75, 3.05) is 13.2 Å². The number of rotatable bonds is 12. The number of esters is 1. The van der Waals surface area contributed by atoms with Crippen LogP contribution in [0.25, 0.3) is 21.2 Å². The van der Waals surface area contributed by atoms with Gasteiger partial charge in [0.15, 0.2) is 6.23 Å². The fourth-order valence-electron chi connectivity index (χ4n) is 4.48. The largest absolute Gasteiger partial charge is 0.465 e. The Morgan fingerprint density at radius 1 is 1.29 bits per heavy atom. The Bertz CT molecular complexity index is 1650. The van der Waals surface area contributed by atoms with Gasteiger partial charge in [-0.1, -0.05) is 48.4 Å².